The second kappa shape index (κ2) is 12.7. The van der Waals surface area contributed by atoms with Gasteiger partial charge in [-0.15, -0.1) is 0 Å². The van der Waals surface area contributed by atoms with Crippen LogP contribution in [0.2, 0.25) is 0 Å². The van der Waals surface area contributed by atoms with Crippen LogP contribution in [0.15, 0.2) is 60.7 Å². The van der Waals surface area contributed by atoms with Crippen LogP contribution in [0.3, 0.4) is 0 Å². The van der Waals surface area contributed by atoms with Crippen LogP contribution in [0.25, 0.3) is 5.69 Å². The second-order valence-electron chi connectivity index (χ2n) is 9.35. The number of aliphatic hydroxyl groups is 1. The predicted molar refractivity (Wildman–Crippen MR) is 137 cm³/mol. The molecule has 184 valence electrons. The third-order valence-electron chi connectivity index (χ3n) is 5.61. The average molecular weight is 466 g/mol. The predicted octanol–water partition coefficient (Wildman–Crippen LogP) is 5.47. The fourth-order valence-electron chi connectivity index (χ4n) is 3.79. The molecule has 6 nitrogen and oxygen atoms in total. The first-order valence-electron chi connectivity index (χ1n) is 12.3. The van der Waals surface area contributed by atoms with Crippen LogP contribution in [0.5, 0.6) is 11.6 Å². The number of aryl methyl sites for hydroxylation is 1. The van der Waals surface area contributed by atoms with Gasteiger partial charge in [0.25, 0.3) is 0 Å². The van der Waals surface area contributed by atoms with Crippen LogP contribution in [0.1, 0.15) is 45.9 Å². The lowest BCUT2D eigenvalue weighted by molar-refractivity contribution is 0.00160. The number of rotatable bonds is 13. The number of hydrogen-bond donors (Lipinski definition) is 1. The van der Waals surface area contributed by atoms with Crippen molar-refractivity contribution in [3.63, 3.8) is 0 Å². The van der Waals surface area contributed by atoms with Crippen molar-refractivity contribution in [2.45, 2.75) is 59.7 Å². The standard InChI is InChI=1S/C28H39N3O3/c1-6-27-26(18-30(22(4)5)17-24(32)20-33-19-21(2)3)28(34-25-15-11-8-12-16-25)31(29-27)23-13-9-7-10-14-23/h7-16,21-22,24,32H,6,17-20H2,1-5H3/t24-/m1/s1. The number of aromatic nitrogens is 2. The van der Waals surface area contributed by atoms with Gasteiger partial charge in [0.1, 0.15) is 5.75 Å². The van der Waals surface area contributed by atoms with E-state index < -0.39 is 6.10 Å². The Morgan fingerprint density at radius 3 is 2.18 bits per heavy atom. The summed E-state index contributed by atoms with van der Waals surface area (Å²) in [6.07, 6.45) is 0.223. The summed E-state index contributed by atoms with van der Waals surface area (Å²) in [4.78, 5) is 2.26. The van der Waals surface area contributed by atoms with E-state index >= 15 is 0 Å². The van der Waals surface area contributed by atoms with Gasteiger partial charge in [0.15, 0.2) is 0 Å². The highest BCUT2D eigenvalue weighted by Gasteiger charge is 2.25. The van der Waals surface area contributed by atoms with Gasteiger partial charge in [0.05, 0.1) is 29.7 Å². The Kier molecular flexibility index (Phi) is 9.69. The highest BCUT2D eigenvalue weighted by atomic mass is 16.5. The van der Waals surface area contributed by atoms with E-state index in [1.165, 1.54) is 0 Å². The zero-order chi connectivity index (χ0) is 24.5. The van der Waals surface area contributed by atoms with E-state index in [4.69, 9.17) is 14.6 Å². The molecule has 1 heterocycles. The fraction of sp³-hybridized carbons (Fsp3) is 0.464. The topological polar surface area (TPSA) is 59.8 Å². The van der Waals surface area contributed by atoms with Gasteiger partial charge in [-0.2, -0.15) is 5.10 Å². The summed E-state index contributed by atoms with van der Waals surface area (Å²) in [5.41, 5.74) is 2.98. The number of hydrogen-bond acceptors (Lipinski definition) is 5. The average Bonchev–Trinajstić information content (AvgIpc) is 3.16. The van der Waals surface area contributed by atoms with Gasteiger partial charge in [0.2, 0.25) is 5.88 Å². The molecular formula is C28H39N3O3. The molecule has 0 aliphatic carbocycles. The van der Waals surface area contributed by atoms with Crippen molar-refractivity contribution in [3.8, 4) is 17.3 Å². The number of nitrogens with zero attached hydrogens (tertiary/aromatic N) is 3. The molecule has 0 bridgehead atoms. The highest BCUT2D eigenvalue weighted by molar-refractivity contribution is 5.43. The molecule has 0 aliphatic rings. The fourth-order valence-corrected chi connectivity index (χ4v) is 3.79. The van der Waals surface area contributed by atoms with Crippen LogP contribution in [0, 0.1) is 5.92 Å². The molecule has 0 saturated heterocycles. The van der Waals surface area contributed by atoms with Gasteiger partial charge in [-0.05, 0) is 50.5 Å². The van der Waals surface area contributed by atoms with Crippen LogP contribution >= 0.6 is 0 Å². The van der Waals surface area contributed by atoms with Crippen molar-refractivity contribution in [1.29, 1.82) is 0 Å². The summed E-state index contributed by atoms with van der Waals surface area (Å²) in [6.45, 7) is 12.7. The monoisotopic (exact) mass is 465 g/mol. The maximum absolute atomic E-state index is 10.7. The first-order valence-corrected chi connectivity index (χ1v) is 12.3. The Labute approximate surface area is 204 Å². The number of ether oxygens (including phenoxy) is 2. The molecule has 3 aromatic rings. The summed E-state index contributed by atoms with van der Waals surface area (Å²) in [6, 6.07) is 20.1. The first-order chi connectivity index (χ1) is 16.4. The number of para-hydroxylation sites is 2. The molecule has 2 aromatic carbocycles. The van der Waals surface area contributed by atoms with E-state index in [0.717, 1.165) is 29.1 Å². The molecule has 34 heavy (non-hydrogen) atoms. The smallest absolute Gasteiger partial charge is 0.227 e. The van der Waals surface area contributed by atoms with E-state index in [1.54, 1.807) is 0 Å². The third-order valence-corrected chi connectivity index (χ3v) is 5.61. The Balaban J connectivity index is 1.92. The van der Waals surface area contributed by atoms with Crippen molar-refractivity contribution in [1.82, 2.24) is 14.7 Å². The minimum absolute atomic E-state index is 0.231. The van der Waals surface area contributed by atoms with E-state index in [0.29, 0.717) is 38.1 Å². The van der Waals surface area contributed by atoms with Crippen LogP contribution < -0.4 is 4.74 Å². The minimum Gasteiger partial charge on any atom is -0.439 e. The van der Waals surface area contributed by atoms with Gasteiger partial charge < -0.3 is 14.6 Å². The van der Waals surface area contributed by atoms with Gasteiger partial charge >= 0.3 is 0 Å². The molecule has 1 aromatic heterocycles. The van der Waals surface area contributed by atoms with E-state index in [9.17, 15) is 5.11 Å². The number of benzene rings is 2. The Morgan fingerprint density at radius 2 is 1.59 bits per heavy atom. The molecule has 3 rings (SSSR count). The molecule has 0 aliphatic heterocycles. The Bertz CT molecular complexity index is 987. The Morgan fingerprint density at radius 1 is 0.941 bits per heavy atom. The van der Waals surface area contributed by atoms with Crippen molar-refractivity contribution >= 4 is 0 Å². The molecule has 0 spiro atoms. The van der Waals surface area contributed by atoms with Crippen molar-refractivity contribution in [2.24, 2.45) is 5.92 Å². The highest BCUT2D eigenvalue weighted by Crippen LogP contribution is 2.32. The van der Waals surface area contributed by atoms with E-state index in [2.05, 4.69) is 39.5 Å². The first kappa shape index (κ1) is 25.9. The molecule has 0 fully saturated rings. The van der Waals surface area contributed by atoms with Gasteiger partial charge in [-0.1, -0.05) is 57.2 Å². The van der Waals surface area contributed by atoms with E-state index in [-0.39, 0.29) is 6.04 Å². The van der Waals surface area contributed by atoms with Crippen LogP contribution in [-0.4, -0.2) is 51.7 Å². The summed E-state index contributed by atoms with van der Waals surface area (Å²) in [7, 11) is 0. The lowest BCUT2D eigenvalue weighted by Gasteiger charge is -2.29. The van der Waals surface area contributed by atoms with Crippen molar-refractivity contribution in [3.05, 3.63) is 71.9 Å². The Hall–Kier alpha value is -2.67. The van der Waals surface area contributed by atoms with Gasteiger partial charge in [0, 0.05) is 25.7 Å². The van der Waals surface area contributed by atoms with Gasteiger partial charge in [-0.3, -0.25) is 4.90 Å². The summed E-state index contributed by atoms with van der Waals surface area (Å²) in [5, 5.41) is 15.6. The van der Waals surface area contributed by atoms with Crippen LogP contribution in [-0.2, 0) is 17.7 Å². The zero-order valence-electron chi connectivity index (χ0n) is 21.1. The maximum Gasteiger partial charge on any atom is 0.227 e. The molecule has 0 saturated carbocycles. The lowest BCUT2D eigenvalue weighted by Crippen LogP contribution is -2.39. The SMILES string of the molecule is CCc1nn(-c2ccccc2)c(Oc2ccccc2)c1CN(C[C@@H](O)COCC(C)C)C(C)C. The molecular weight excluding hydrogens is 426 g/mol. The molecule has 1 N–H and O–H groups in total. The summed E-state index contributed by atoms with van der Waals surface area (Å²) >= 11 is 0. The third kappa shape index (κ3) is 7.16. The quantitative estimate of drug-likeness (QED) is 0.363. The van der Waals surface area contributed by atoms with E-state index in [1.807, 2.05) is 65.3 Å². The van der Waals surface area contributed by atoms with Crippen LogP contribution in [0.4, 0.5) is 0 Å². The normalized spacial score (nSPS) is 12.6. The molecule has 0 unspecified atom stereocenters. The minimum atomic E-state index is -0.561. The molecule has 0 amide bonds. The second-order valence-corrected chi connectivity index (χ2v) is 9.35. The maximum atomic E-state index is 10.7. The lowest BCUT2D eigenvalue weighted by atomic mass is 10.1. The molecule has 0 radical (unpaired) electrons. The van der Waals surface area contributed by atoms with Gasteiger partial charge in [-0.25, -0.2) is 4.68 Å². The summed E-state index contributed by atoms with van der Waals surface area (Å²) in [5.74, 6) is 1.93. The van der Waals surface area contributed by atoms with Crippen molar-refractivity contribution in [2.75, 3.05) is 19.8 Å². The molecule has 6 heteroatoms. The van der Waals surface area contributed by atoms with Crippen molar-refractivity contribution < 1.29 is 14.6 Å². The summed E-state index contributed by atoms with van der Waals surface area (Å²) < 4.78 is 14.0. The number of aliphatic hydroxyl groups excluding tert-OH is 1. The molecule has 1 atom stereocenters. The largest absolute Gasteiger partial charge is 0.439 e. The zero-order valence-corrected chi connectivity index (χ0v) is 21.1.